The number of halogens is 2. The number of hydrogen-bond donors (Lipinski definition) is 0. The maximum absolute atomic E-state index is 5.90. The van der Waals surface area contributed by atoms with Crippen LogP contribution in [0.2, 0.25) is 10.0 Å². The van der Waals surface area contributed by atoms with Crippen LogP contribution >= 0.6 is 23.2 Å². The van der Waals surface area contributed by atoms with Crippen LogP contribution in [0.4, 0.5) is 0 Å². The Morgan fingerprint density at radius 1 is 0.842 bits per heavy atom. The number of benzene rings is 1. The van der Waals surface area contributed by atoms with Gasteiger partial charge < -0.3 is 4.52 Å². The molecule has 0 N–H and O–H groups in total. The fraction of sp³-hybridized carbons (Fsp3) is 0. The van der Waals surface area contributed by atoms with Gasteiger partial charge in [0.15, 0.2) is 5.76 Å². The van der Waals surface area contributed by atoms with E-state index in [1.54, 1.807) is 30.6 Å². The monoisotopic (exact) mass is 290 g/mol. The summed E-state index contributed by atoms with van der Waals surface area (Å²) in [4.78, 5) is 4.02. The van der Waals surface area contributed by atoms with Crippen LogP contribution in [0.3, 0.4) is 0 Å². The van der Waals surface area contributed by atoms with Gasteiger partial charge in [-0.25, -0.2) is 0 Å². The standard InChI is InChI=1S/C14H8Cl2N2O/c15-11-3-1-9(2-4-11)14-6-13(18-19-14)10-5-12(16)8-17-7-10/h1-8H. The molecule has 0 saturated heterocycles. The molecule has 3 aromatic rings. The van der Waals surface area contributed by atoms with Crippen molar-refractivity contribution in [1.29, 1.82) is 0 Å². The third kappa shape index (κ3) is 2.62. The highest BCUT2D eigenvalue weighted by Crippen LogP contribution is 2.27. The zero-order valence-corrected chi connectivity index (χ0v) is 11.2. The average molecular weight is 291 g/mol. The van der Waals surface area contributed by atoms with Gasteiger partial charge in [0, 0.05) is 34.6 Å². The molecule has 0 radical (unpaired) electrons. The number of aromatic nitrogens is 2. The highest BCUT2D eigenvalue weighted by Gasteiger charge is 2.09. The smallest absolute Gasteiger partial charge is 0.167 e. The Morgan fingerprint density at radius 3 is 2.37 bits per heavy atom. The average Bonchev–Trinajstić information content (AvgIpc) is 2.89. The van der Waals surface area contributed by atoms with Crippen LogP contribution in [-0.2, 0) is 0 Å². The maximum atomic E-state index is 5.90. The van der Waals surface area contributed by atoms with Crippen molar-refractivity contribution in [3.05, 3.63) is 58.8 Å². The van der Waals surface area contributed by atoms with Gasteiger partial charge in [0.25, 0.3) is 0 Å². The normalized spacial score (nSPS) is 10.6. The molecule has 0 aliphatic carbocycles. The van der Waals surface area contributed by atoms with E-state index in [4.69, 9.17) is 27.7 Å². The Hall–Kier alpha value is -1.84. The Balaban J connectivity index is 1.97. The Kier molecular flexibility index (Phi) is 3.23. The van der Waals surface area contributed by atoms with E-state index in [0.717, 1.165) is 11.1 Å². The molecular weight excluding hydrogens is 283 g/mol. The molecule has 94 valence electrons. The summed E-state index contributed by atoms with van der Waals surface area (Å²) in [7, 11) is 0. The fourth-order valence-corrected chi connectivity index (χ4v) is 2.01. The molecule has 3 nitrogen and oxygen atoms in total. The molecule has 1 aromatic carbocycles. The number of pyridine rings is 1. The predicted octanol–water partition coefficient (Wildman–Crippen LogP) is 4.71. The summed E-state index contributed by atoms with van der Waals surface area (Å²) in [6.07, 6.45) is 3.26. The summed E-state index contributed by atoms with van der Waals surface area (Å²) in [6, 6.07) is 11.0. The molecule has 0 saturated carbocycles. The van der Waals surface area contributed by atoms with Crippen LogP contribution in [0.25, 0.3) is 22.6 Å². The molecule has 0 atom stereocenters. The van der Waals surface area contributed by atoms with Crippen molar-refractivity contribution in [2.45, 2.75) is 0 Å². The van der Waals surface area contributed by atoms with Gasteiger partial charge in [-0.2, -0.15) is 0 Å². The molecule has 0 unspecified atom stereocenters. The van der Waals surface area contributed by atoms with Gasteiger partial charge in [0.05, 0.1) is 5.02 Å². The lowest BCUT2D eigenvalue weighted by Crippen LogP contribution is -1.79. The molecule has 2 aromatic heterocycles. The Labute approximate surface area is 119 Å². The number of nitrogens with zero attached hydrogens (tertiary/aromatic N) is 2. The van der Waals surface area contributed by atoms with Crippen molar-refractivity contribution in [1.82, 2.24) is 10.1 Å². The number of rotatable bonds is 2. The third-order valence-corrected chi connectivity index (χ3v) is 3.10. The van der Waals surface area contributed by atoms with Crippen LogP contribution in [-0.4, -0.2) is 10.1 Å². The van der Waals surface area contributed by atoms with Crippen LogP contribution in [0, 0.1) is 0 Å². The van der Waals surface area contributed by atoms with E-state index in [1.807, 2.05) is 18.2 Å². The van der Waals surface area contributed by atoms with Crippen molar-refractivity contribution in [3.8, 4) is 22.6 Å². The minimum atomic E-state index is 0.563. The molecule has 19 heavy (non-hydrogen) atoms. The zero-order chi connectivity index (χ0) is 13.2. The molecule has 0 amide bonds. The summed E-state index contributed by atoms with van der Waals surface area (Å²) >= 11 is 11.7. The highest BCUT2D eigenvalue weighted by atomic mass is 35.5. The van der Waals surface area contributed by atoms with Crippen molar-refractivity contribution >= 4 is 23.2 Å². The van der Waals surface area contributed by atoms with Gasteiger partial charge in [-0.05, 0) is 30.3 Å². The predicted molar refractivity (Wildman–Crippen MR) is 75.2 cm³/mol. The zero-order valence-electron chi connectivity index (χ0n) is 9.68. The quantitative estimate of drug-likeness (QED) is 0.686. The molecule has 0 bridgehead atoms. The van der Waals surface area contributed by atoms with Crippen LogP contribution in [0.15, 0.2) is 53.3 Å². The van der Waals surface area contributed by atoms with E-state index in [1.165, 1.54) is 0 Å². The lowest BCUT2D eigenvalue weighted by atomic mass is 10.1. The highest BCUT2D eigenvalue weighted by molar-refractivity contribution is 6.31. The minimum absolute atomic E-state index is 0.563. The summed E-state index contributed by atoms with van der Waals surface area (Å²) in [5, 5.41) is 5.27. The minimum Gasteiger partial charge on any atom is -0.356 e. The molecule has 0 aliphatic heterocycles. The molecular formula is C14H8Cl2N2O. The molecule has 3 rings (SSSR count). The topological polar surface area (TPSA) is 38.9 Å². The second-order valence-electron chi connectivity index (χ2n) is 3.98. The van der Waals surface area contributed by atoms with Gasteiger partial charge >= 0.3 is 0 Å². The first kappa shape index (κ1) is 12.2. The first-order valence-electron chi connectivity index (χ1n) is 5.56. The number of hydrogen-bond acceptors (Lipinski definition) is 3. The summed E-state index contributed by atoms with van der Waals surface area (Å²) in [5.41, 5.74) is 2.43. The molecule has 0 fully saturated rings. The Morgan fingerprint density at radius 2 is 1.63 bits per heavy atom. The van der Waals surface area contributed by atoms with Crippen LogP contribution in [0.1, 0.15) is 0 Å². The molecule has 5 heteroatoms. The van der Waals surface area contributed by atoms with Crippen molar-refractivity contribution < 1.29 is 4.52 Å². The van der Waals surface area contributed by atoms with Crippen molar-refractivity contribution in [3.63, 3.8) is 0 Å². The van der Waals surface area contributed by atoms with E-state index in [9.17, 15) is 0 Å². The first-order valence-corrected chi connectivity index (χ1v) is 6.31. The SMILES string of the molecule is Clc1ccc(-c2cc(-c3cncc(Cl)c3)no2)cc1. The maximum Gasteiger partial charge on any atom is 0.167 e. The van der Waals surface area contributed by atoms with Crippen LogP contribution < -0.4 is 0 Å². The molecule has 2 heterocycles. The van der Waals surface area contributed by atoms with E-state index in [-0.39, 0.29) is 0 Å². The molecule has 0 spiro atoms. The van der Waals surface area contributed by atoms with Gasteiger partial charge in [-0.15, -0.1) is 0 Å². The summed E-state index contributed by atoms with van der Waals surface area (Å²) in [5.74, 6) is 0.673. The lowest BCUT2D eigenvalue weighted by Gasteiger charge is -1.95. The third-order valence-electron chi connectivity index (χ3n) is 2.64. The second kappa shape index (κ2) is 5.03. The lowest BCUT2D eigenvalue weighted by molar-refractivity contribution is 0.435. The van der Waals surface area contributed by atoms with E-state index in [0.29, 0.717) is 21.5 Å². The van der Waals surface area contributed by atoms with E-state index < -0.39 is 0 Å². The Bertz CT molecular complexity index is 707. The van der Waals surface area contributed by atoms with Gasteiger partial charge in [-0.1, -0.05) is 28.4 Å². The van der Waals surface area contributed by atoms with Gasteiger partial charge in [-0.3, -0.25) is 4.98 Å². The largest absolute Gasteiger partial charge is 0.356 e. The molecule has 0 aliphatic rings. The fourth-order valence-electron chi connectivity index (χ4n) is 1.71. The van der Waals surface area contributed by atoms with Gasteiger partial charge in [0.1, 0.15) is 5.69 Å². The van der Waals surface area contributed by atoms with Gasteiger partial charge in [0.2, 0.25) is 0 Å². The first-order chi connectivity index (χ1) is 9.22. The summed E-state index contributed by atoms with van der Waals surface area (Å²) in [6.45, 7) is 0. The summed E-state index contributed by atoms with van der Waals surface area (Å²) < 4.78 is 5.32. The van der Waals surface area contributed by atoms with E-state index in [2.05, 4.69) is 10.1 Å². The van der Waals surface area contributed by atoms with Crippen LogP contribution in [0.5, 0.6) is 0 Å². The van der Waals surface area contributed by atoms with Crippen molar-refractivity contribution in [2.75, 3.05) is 0 Å². The van der Waals surface area contributed by atoms with Crippen molar-refractivity contribution in [2.24, 2.45) is 0 Å². The van der Waals surface area contributed by atoms with E-state index >= 15 is 0 Å². The second-order valence-corrected chi connectivity index (χ2v) is 4.85.